The standard InChI is InChI=1S/C22H22N4O2.C21H20FN3O2.C20H18FN3O2.C20H20N4O2.C20H16N4O2/c1-3-16-8-18(28-19-12-24-22(25-13-19)15-5-6-15)10-20(26-16)21(27)9-17-7-4-14(2)11-23-17;1-4-16-8-18(27-19-7-15(22)11-23-12-19)10-20(25-16)21(26)9-17-6-5-13(2)14(3)24-17;1-3-15-8-17(26-18-7-14(21)11-22-12-18)10-19(24-15)20(25)9-16-6-4-5-13(2)23-16;1-4-15-6-17(26-18-10-21-12-22-11-18)8-19(24-15)20(25)7-16-5-13(2)14(3)9-23-16;1-3-14-5-6-16(23-10-14)8-20(25)19-9-17(7-15(4-2)24-19)26-18-11-21-13-22-12-18/h4,7-8,10-13,15H,3,5-6,9H2,1-2H3;5-8,10-12H,4,9H2,1-3H3;4-8,10-12H,3,9H2,1-2H3;5-6,8-12H,4,7H2,1-3H3;1,5-7,9-13H,4,8H2,2H3. The summed E-state index contributed by atoms with van der Waals surface area (Å²) in [4.78, 5) is 139. The van der Waals surface area contributed by atoms with Crippen LogP contribution in [-0.2, 0) is 64.2 Å². The number of hydrogen-bond acceptors (Lipinski definition) is 28. The van der Waals surface area contributed by atoms with E-state index in [2.05, 4.69) is 95.6 Å². The molecular formula is C103H96F2N18O10. The van der Waals surface area contributed by atoms with Crippen LogP contribution < -0.4 is 23.7 Å². The lowest BCUT2D eigenvalue weighted by molar-refractivity contribution is 0.0978. The van der Waals surface area contributed by atoms with E-state index in [0.717, 1.165) is 93.2 Å². The second-order valence-corrected chi connectivity index (χ2v) is 30.8. The number of ketones is 5. The van der Waals surface area contributed by atoms with Crippen molar-refractivity contribution < 1.29 is 56.4 Å². The van der Waals surface area contributed by atoms with E-state index in [1.54, 1.807) is 116 Å². The minimum absolute atomic E-state index is 0.0863. The molecule has 1 saturated carbocycles. The van der Waals surface area contributed by atoms with Gasteiger partial charge in [-0.2, -0.15) is 0 Å². The van der Waals surface area contributed by atoms with Crippen molar-refractivity contribution in [3.8, 4) is 69.8 Å². The highest BCUT2D eigenvalue weighted by molar-refractivity contribution is 5.98. The van der Waals surface area contributed by atoms with E-state index in [1.807, 2.05) is 137 Å². The van der Waals surface area contributed by atoms with Gasteiger partial charge in [-0.25, -0.2) is 63.6 Å². The molecule has 15 aromatic rings. The highest BCUT2D eigenvalue weighted by Crippen LogP contribution is 2.38. The fraction of sp³-hybridized carbons (Fsp3) is 0.233. The van der Waals surface area contributed by atoms with Crippen molar-refractivity contribution >= 4 is 28.9 Å². The number of Topliss-reactive ketones (excluding diaryl/α,β-unsaturated/α-hetero) is 5. The number of pyridine rings is 12. The maximum absolute atomic E-state index is 13.3. The molecule has 15 aromatic heterocycles. The molecule has 1 aliphatic rings. The summed E-state index contributed by atoms with van der Waals surface area (Å²) >= 11 is 0. The number of carbonyl (C=O) groups is 5. The lowest BCUT2D eigenvalue weighted by atomic mass is 10.1. The number of aryl methyl sites for hydroxylation is 11. The Hall–Kier alpha value is -16.2. The first-order chi connectivity index (χ1) is 64.3. The topological polar surface area (TPSA) is 364 Å². The Morgan fingerprint density at radius 1 is 0.323 bits per heavy atom. The molecule has 0 aromatic carbocycles. The van der Waals surface area contributed by atoms with E-state index in [9.17, 15) is 32.8 Å². The van der Waals surface area contributed by atoms with Gasteiger partial charge in [-0.05, 0) is 151 Å². The van der Waals surface area contributed by atoms with Crippen molar-refractivity contribution in [1.29, 1.82) is 0 Å². The first-order valence-electron chi connectivity index (χ1n) is 43.0. The smallest absolute Gasteiger partial charge is 0.187 e. The van der Waals surface area contributed by atoms with E-state index in [1.165, 1.54) is 37.2 Å². The zero-order chi connectivity index (χ0) is 94.3. The summed E-state index contributed by atoms with van der Waals surface area (Å²) < 4.78 is 55.3. The number of halogens is 2. The number of nitrogens with zero attached hydrogens (tertiary/aromatic N) is 18. The first kappa shape index (κ1) is 95.9. The van der Waals surface area contributed by atoms with Crippen molar-refractivity contribution in [2.24, 2.45) is 0 Å². The maximum atomic E-state index is 13.3. The summed E-state index contributed by atoms with van der Waals surface area (Å²) in [5.74, 6) is 6.81. The van der Waals surface area contributed by atoms with E-state index in [-0.39, 0.29) is 72.5 Å². The fourth-order valence-electron chi connectivity index (χ4n) is 12.6. The molecule has 1 fully saturated rings. The van der Waals surface area contributed by atoms with E-state index < -0.39 is 11.6 Å². The van der Waals surface area contributed by atoms with Gasteiger partial charge < -0.3 is 23.7 Å². The van der Waals surface area contributed by atoms with Crippen molar-refractivity contribution in [3.63, 3.8) is 0 Å². The Balaban J connectivity index is 0.000000150. The molecule has 0 aliphatic heterocycles. The largest absolute Gasteiger partial charge is 0.455 e. The van der Waals surface area contributed by atoms with Gasteiger partial charge in [0.2, 0.25) is 0 Å². The van der Waals surface area contributed by atoms with Gasteiger partial charge in [-0.15, -0.1) is 6.42 Å². The van der Waals surface area contributed by atoms with Crippen LogP contribution in [0.25, 0.3) is 0 Å². The number of hydrogen-bond donors (Lipinski definition) is 0. The SMILES string of the molecule is C#Cc1ccc(CC(=O)c2cc(Oc3cncnc3)cc(CC)n2)nc1.CCc1cc(Oc2cnc(C3CC3)nc2)cc(C(=O)Cc2ccc(C)cn2)n1.CCc1cc(Oc2cncc(F)c2)cc(C(=O)Cc2ccc(C)c(C)n2)n1.CCc1cc(Oc2cncc(F)c2)cc(C(=O)Cc2cccc(C)n2)n1.CCc1cc(Oc2cncnc2)cc(C(=O)Cc2cc(C)c(C)cn2)n1. The Labute approximate surface area is 768 Å². The summed E-state index contributed by atoms with van der Waals surface area (Å²) in [6.07, 6.45) is 34.5. The predicted octanol–water partition coefficient (Wildman–Crippen LogP) is 19.4. The molecule has 28 nitrogen and oxygen atoms in total. The maximum Gasteiger partial charge on any atom is 0.187 e. The molecule has 15 heterocycles. The van der Waals surface area contributed by atoms with Gasteiger partial charge in [-0.3, -0.25) is 58.9 Å². The average Bonchev–Trinajstić information content (AvgIpc) is 1.81. The van der Waals surface area contributed by atoms with Crippen LogP contribution in [0, 0.1) is 65.5 Å². The fourth-order valence-corrected chi connectivity index (χ4v) is 12.6. The Morgan fingerprint density at radius 3 is 1.05 bits per heavy atom. The van der Waals surface area contributed by atoms with Crippen LogP contribution in [0.5, 0.6) is 57.5 Å². The monoisotopic (exact) mass is 1780 g/mol. The van der Waals surface area contributed by atoms with Crippen LogP contribution in [0.3, 0.4) is 0 Å². The van der Waals surface area contributed by atoms with E-state index in [0.29, 0.717) is 147 Å². The second kappa shape index (κ2) is 47.2. The molecular weight excluding hydrogens is 1690 g/mol. The van der Waals surface area contributed by atoms with Gasteiger partial charge in [0.25, 0.3) is 0 Å². The molecule has 30 heteroatoms. The van der Waals surface area contributed by atoms with Gasteiger partial charge in [-0.1, -0.05) is 58.7 Å². The van der Waals surface area contributed by atoms with Gasteiger partial charge in [0.15, 0.2) is 46.2 Å². The summed E-state index contributed by atoms with van der Waals surface area (Å²) in [5.41, 5.74) is 15.7. The quantitative estimate of drug-likeness (QED) is 0.0288. The van der Waals surface area contributed by atoms with E-state index >= 15 is 0 Å². The molecule has 133 heavy (non-hydrogen) atoms. The number of carbonyl (C=O) groups excluding carboxylic acids is 5. The average molecular weight is 1780 g/mol. The third-order valence-electron chi connectivity index (χ3n) is 20.2. The molecule has 0 spiro atoms. The molecule has 0 atom stereocenters. The summed E-state index contributed by atoms with van der Waals surface area (Å²) in [5, 5.41) is 0. The molecule has 0 bridgehead atoms. The highest BCUT2D eigenvalue weighted by Gasteiger charge is 2.27. The molecule has 16 rings (SSSR count). The summed E-state index contributed by atoms with van der Waals surface area (Å²) in [6.45, 7) is 21.6. The van der Waals surface area contributed by atoms with Crippen LogP contribution in [0.2, 0.25) is 0 Å². The number of aromatic nitrogens is 18. The lowest BCUT2D eigenvalue weighted by Crippen LogP contribution is -2.09. The Bertz CT molecular complexity index is 6630. The minimum Gasteiger partial charge on any atom is -0.455 e. The predicted molar refractivity (Wildman–Crippen MR) is 493 cm³/mol. The van der Waals surface area contributed by atoms with E-state index in [4.69, 9.17) is 30.1 Å². The summed E-state index contributed by atoms with van der Waals surface area (Å²) in [6, 6.07) is 38.1. The van der Waals surface area contributed by atoms with Crippen molar-refractivity contribution in [1.82, 2.24) is 89.7 Å². The normalized spacial score (nSPS) is 11.1. The second-order valence-electron chi connectivity index (χ2n) is 30.8. The molecule has 0 amide bonds. The molecule has 1 aliphatic carbocycles. The molecule has 0 radical (unpaired) electrons. The number of ether oxygens (including phenoxy) is 5. The third kappa shape index (κ3) is 29.7. The summed E-state index contributed by atoms with van der Waals surface area (Å²) in [7, 11) is 0. The van der Waals surface area contributed by atoms with Gasteiger partial charge in [0, 0.05) is 171 Å². The Kier molecular flexibility index (Phi) is 34.0. The van der Waals surface area contributed by atoms with Gasteiger partial charge >= 0.3 is 0 Å². The van der Waals surface area contributed by atoms with Crippen LogP contribution in [0.4, 0.5) is 8.78 Å². The van der Waals surface area contributed by atoms with Crippen LogP contribution in [0.15, 0.2) is 227 Å². The van der Waals surface area contributed by atoms with Crippen LogP contribution in [0.1, 0.15) is 208 Å². The highest BCUT2D eigenvalue weighted by atomic mass is 19.1. The zero-order valence-electron chi connectivity index (χ0n) is 75.4. The van der Waals surface area contributed by atoms with Crippen LogP contribution >= 0.6 is 0 Å². The lowest BCUT2D eigenvalue weighted by Gasteiger charge is -2.09. The molecule has 0 saturated heterocycles. The Morgan fingerprint density at radius 2 is 0.692 bits per heavy atom. The first-order valence-corrected chi connectivity index (χ1v) is 43.0. The zero-order valence-corrected chi connectivity index (χ0v) is 75.4. The van der Waals surface area contributed by atoms with Gasteiger partial charge in [0.1, 0.15) is 98.8 Å². The van der Waals surface area contributed by atoms with Crippen LogP contribution in [-0.4, -0.2) is 119 Å². The molecule has 672 valence electrons. The third-order valence-corrected chi connectivity index (χ3v) is 20.2. The molecule has 0 unspecified atom stereocenters. The van der Waals surface area contributed by atoms with Crippen molar-refractivity contribution in [3.05, 3.63) is 369 Å². The van der Waals surface area contributed by atoms with Crippen molar-refractivity contribution in [2.45, 2.75) is 159 Å². The number of terminal acetylenes is 1. The minimum atomic E-state index is -0.492. The van der Waals surface area contributed by atoms with Gasteiger partial charge in [0.05, 0.1) is 94.1 Å². The number of rotatable bonds is 31. The van der Waals surface area contributed by atoms with Crippen molar-refractivity contribution in [2.75, 3.05) is 0 Å². The molecule has 0 N–H and O–H groups in total.